The first-order valence-electron chi connectivity index (χ1n) is 5.63. The Labute approximate surface area is 101 Å². The number of nitrogens with one attached hydrogen (secondary N) is 1. The molecule has 0 radical (unpaired) electrons. The van der Waals surface area contributed by atoms with E-state index in [1.54, 1.807) is 0 Å². The Balaban J connectivity index is 2.83. The van der Waals surface area contributed by atoms with Crippen molar-refractivity contribution in [3.05, 3.63) is 34.3 Å². The number of hydrogen-bond donors (Lipinski definition) is 1. The lowest BCUT2D eigenvalue weighted by molar-refractivity contribution is 0.437. The molecule has 15 heavy (non-hydrogen) atoms. The van der Waals surface area contributed by atoms with Gasteiger partial charge in [0.2, 0.25) is 0 Å². The smallest absolute Gasteiger partial charge is 0.0333 e. The second kappa shape index (κ2) is 6.29. The predicted octanol–water partition coefficient (Wildman–Crippen LogP) is 4.15. The molecule has 84 valence electrons. The first-order chi connectivity index (χ1) is 7.15. The van der Waals surface area contributed by atoms with Crippen LogP contribution >= 0.6 is 15.9 Å². The summed E-state index contributed by atoms with van der Waals surface area (Å²) in [6, 6.07) is 8.93. The Bertz CT molecular complexity index is 296. The average molecular weight is 270 g/mol. The Hall–Kier alpha value is -0.340. The maximum Gasteiger partial charge on any atom is 0.0333 e. The topological polar surface area (TPSA) is 12.0 Å². The van der Waals surface area contributed by atoms with Gasteiger partial charge in [-0.05, 0) is 30.5 Å². The molecule has 1 N–H and O–H groups in total. The minimum Gasteiger partial charge on any atom is -0.310 e. The molecule has 0 aliphatic rings. The van der Waals surface area contributed by atoms with E-state index in [-0.39, 0.29) is 0 Å². The Morgan fingerprint density at radius 3 is 2.47 bits per heavy atom. The zero-order valence-corrected chi connectivity index (χ0v) is 11.3. The molecule has 0 fully saturated rings. The van der Waals surface area contributed by atoms with Crippen LogP contribution in [-0.4, -0.2) is 6.54 Å². The molecule has 1 unspecified atom stereocenters. The van der Waals surface area contributed by atoms with Gasteiger partial charge >= 0.3 is 0 Å². The average Bonchev–Trinajstić information content (AvgIpc) is 2.17. The molecular formula is C13H20BrN. The molecule has 0 aliphatic heterocycles. The van der Waals surface area contributed by atoms with Crippen LogP contribution < -0.4 is 5.32 Å². The van der Waals surface area contributed by atoms with E-state index >= 15 is 0 Å². The van der Waals surface area contributed by atoms with Gasteiger partial charge in [0.15, 0.2) is 0 Å². The second-order valence-electron chi connectivity index (χ2n) is 4.26. The lowest BCUT2D eigenvalue weighted by atomic mass is 9.97. The maximum atomic E-state index is 3.62. The molecule has 1 aromatic rings. The molecule has 2 heteroatoms. The standard InChI is InChI=1S/C13H20BrN/c1-4-15-13(9-10(2)3)11-7-5-6-8-12(11)14/h5-8,10,13,15H,4,9H2,1-3H3. The van der Waals surface area contributed by atoms with Crippen LogP contribution in [0.25, 0.3) is 0 Å². The van der Waals surface area contributed by atoms with Gasteiger partial charge in [0, 0.05) is 10.5 Å². The van der Waals surface area contributed by atoms with Crippen molar-refractivity contribution in [3.8, 4) is 0 Å². The van der Waals surface area contributed by atoms with Crippen molar-refractivity contribution in [2.75, 3.05) is 6.54 Å². The van der Waals surface area contributed by atoms with E-state index in [2.05, 4.69) is 66.3 Å². The third-order valence-corrected chi connectivity index (χ3v) is 3.16. The van der Waals surface area contributed by atoms with Crippen molar-refractivity contribution in [3.63, 3.8) is 0 Å². The first kappa shape index (κ1) is 12.7. The molecular weight excluding hydrogens is 250 g/mol. The molecule has 0 saturated heterocycles. The zero-order chi connectivity index (χ0) is 11.3. The number of hydrogen-bond acceptors (Lipinski definition) is 1. The fraction of sp³-hybridized carbons (Fsp3) is 0.538. The maximum absolute atomic E-state index is 3.62. The van der Waals surface area contributed by atoms with E-state index in [1.165, 1.54) is 16.5 Å². The van der Waals surface area contributed by atoms with Gasteiger partial charge in [0.05, 0.1) is 0 Å². The van der Waals surface area contributed by atoms with Crippen LogP contribution in [0.1, 0.15) is 38.8 Å². The Kier molecular flexibility index (Phi) is 5.34. The SMILES string of the molecule is CCNC(CC(C)C)c1ccccc1Br. The summed E-state index contributed by atoms with van der Waals surface area (Å²) >= 11 is 3.62. The first-order valence-corrected chi connectivity index (χ1v) is 6.42. The minimum absolute atomic E-state index is 0.463. The summed E-state index contributed by atoms with van der Waals surface area (Å²) in [5.41, 5.74) is 1.37. The summed E-state index contributed by atoms with van der Waals surface area (Å²) in [5, 5.41) is 3.54. The highest BCUT2D eigenvalue weighted by atomic mass is 79.9. The van der Waals surface area contributed by atoms with Gasteiger partial charge in [0.1, 0.15) is 0 Å². The molecule has 0 aliphatic carbocycles. The van der Waals surface area contributed by atoms with Crippen LogP contribution in [0.5, 0.6) is 0 Å². The fourth-order valence-electron chi connectivity index (χ4n) is 1.80. The van der Waals surface area contributed by atoms with E-state index in [0.717, 1.165) is 6.54 Å². The third kappa shape index (κ3) is 3.96. The van der Waals surface area contributed by atoms with E-state index < -0.39 is 0 Å². The molecule has 0 saturated carbocycles. The molecule has 0 aromatic heterocycles. The summed E-state index contributed by atoms with van der Waals surface area (Å²) < 4.78 is 1.21. The van der Waals surface area contributed by atoms with Crippen molar-refractivity contribution in [1.82, 2.24) is 5.32 Å². The van der Waals surface area contributed by atoms with Crippen molar-refractivity contribution < 1.29 is 0 Å². The Morgan fingerprint density at radius 2 is 1.93 bits per heavy atom. The largest absolute Gasteiger partial charge is 0.310 e. The quantitative estimate of drug-likeness (QED) is 0.847. The van der Waals surface area contributed by atoms with E-state index in [1.807, 2.05) is 0 Å². The molecule has 1 nitrogen and oxygen atoms in total. The second-order valence-corrected chi connectivity index (χ2v) is 5.12. The van der Waals surface area contributed by atoms with Crippen molar-refractivity contribution in [2.24, 2.45) is 5.92 Å². The normalized spacial score (nSPS) is 13.1. The highest BCUT2D eigenvalue weighted by molar-refractivity contribution is 9.10. The van der Waals surface area contributed by atoms with Gasteiger partial charge in [0.25, 0.3) is 0 Å². The van der Waals surface area contributed by atoms with Crippen LogP contribution in [0, 0.1) is 5.92 Å². The van der Waals surface area contributed by atoms with Crippen LogP contribution in [0.3, 0.4) is 0 Å². The van der Waals surface area contributed by atoms with Crippen molar-refractivity contribution >= 4 is 15.9 Å². The van der Waals surface area contributed by atoms with Gasteiger partial charge < -0.3 is 5.32 Å². The number of halogens is 1. The molecule has 0 heterocycles. The summed E-state index contributed by atoms with van der Waals surface area (Å²) in [5.74, 6) is 0.709. The zero-order valence-electron chi connectivity index (χ0n) is 9.76. The minimum atomic E-state index is 0.463. The van der Waals surface area contributed by atoms with Gasteiger partial charge in [-0.2, -0.15) is 0 Å². The summed E-state index contributed by atoms with van der Waals surface area (Å²) in [7, 11) is 0. The summed E-state index contributed by atoms with van der Waals surface area (Å²) in [6.07, 6.45) is 1.18. The lowest BCUT2D eigenvalue weighted by Gasteiger charge is -2.21. The van der Waals surface area contributed by atoms with Gasteiger partial charge in [-0.25, -0.2) is 0 Å². The van der Waals surface area contributed by atoms with Gasteiger partial charge in [-0.1, -0.05) is 54.9 Å². The van der Waals surface area contributed by atoms with E-state index in [9.17, 15) is 0 Å². The van der Waals surface area contributed by atoms with Gasteiger partial charge in [-0.3, -0.25) is 0 Å². The van der Waals surface area contributed by atoms with Crippen LogP contribution in [0.2, 0.25) is 0 Å². The van der Waals surface area contributed by atoms with E-state index in [0.29, 0.717) is 12.0 Å². The van der Waals surface area contributed by atoms with Crippen LogP contribution in [0.4, 0.5) is 0 Å². The highest BCUT2D eigenvalue weighted by Gasteiger charge is 2.14. The number of rotatable bonds is 5. The molecule has 0 amide bonds. The Morgan fingerprint density at radius 1 is 1.27 bits per heavy atom. The van der Waals surface area contributed by atoms with Gasteiger partial charge in [-0.15, -0.1) is 0 Å². The van der Waals surface area contributed by atoms with E-state index in [4.69, 9.17) is 0 Å². The predicted molar refractivity (Wildman–Crippen MR) is 70.0 cm³/mol. The molecule has 1 rings (SSSR count). The lowest BCUT2D eigenvalue weighted by Crippen LogP contribution is -2.22. The highest BCUT2D eigenvalue weighted by Crippen LogP contribution is 2.27. The third-order valence-electron chi connectivity index (χ3n) is 2.44. The number of benzene rings is 1. The van der Waals surface area contributed by atoms with Crippen LogP contribution in [-0.2, 0) is 0 Å². The monoisotopic (exact) mass is 269 g/mol. The molecule has 0 spiro atoms. The van der Waals surface area contributed by atoms with Crippen LogP contribution in [0.15, 0.2) is 28.7 Å². The summed E-state index contributed by atoms with van der Waals surface area (Å²) in [4.78, 5) is 0. The fourth-order valence-corrected chi connectivity index (χ4v) is 2.36. The van der Waals surface area contributed by atoms with Crippen molar-refractivity contribution in [2.45, 2.75) is 33.2 Å². The molecule has 0 bridgehead atoms. The summed E-state index contributed by atoms with van der Waals surface area (Å²) in [6.45, 7) is 7.70. The molecule has 1 aromatic carbocycles. The molecule has 1 atom stereocenters. The van der Waals surface area contributed by atoms with Crippen molar-refractivity contribution in [1.29, 1.82) is 0 Å².